The average molecular weight is 281 g/mol. The molecular weight excluding hydrogens is 262 g/mol. The van der Waals surface area contributed by atoms with Crippen molar-refractivity contribution in [2.75, 3.05) is 18.1 Å². The van der Waals surface area contributed by atoms with Gasteiger partial charge in [-0.05, 0) is 25.2 Å². The van der Waals surface area contributed by atoms with Gasteiger partial charge in [0.1, 0.15) is 0 Å². The third-order valence-electron chi connectivity index (χ3n) is 3.78. The molecule has 0 N–H and O–H groups in total. The lowest BCUT2D eigenvalue weighted by Gasteiger charge is -2.27. The molecule has 0 aromatic rings. The maximum atomic E-state index is 12.3. The van der Waals surface area contributed by atoms with E-state index in [4.69, 9.17) is 6.42 Å². The Morgan fingerprint density at radius 3 is 2.74 bits per heavy atom. The van der Waals surface area contributed by atoms with Gasteiger partial charge in [0.25, 0.3) is 0 Å². The molecule has 1 saturated heterocycles. The summed E-state index contributed by atoms with van der Waals surface area (Å²) in [4.78, 5) is 13.9. The summed E-state index contributed by atoms with van der Waals surface area (Å²) in [6.45, 7) is 0.204. The van der Waals surface area contributed by atoms with E-state index in [-0.39, 0.29) is 35.9 Å². The van der Waals surface area contributed by atoms with Crippen LogP contribution in [0.25, 0.3) is 0 Å². The number of terminal acetylenes is 1. The zero-order valence-electron chi connectivity index (χ0n) is 10.9. The molecule has 0 spiro atoms. The lowest BCUT2D eigenvalue weighted by molar-refractivity contribution is -0.133. The van der Waals surface area contributed by atoms with Gasteiger partial charge in [0.05, 0.1) is 18.1 Å². The van der Waals surface area contributed by atoms with Crippen LogP contribution in [-0.2, 0) is 14.6 Å². The summed E-state index contributed by atoms with van der Waals surface area (Å²) < 4.78 is 23.0. The third-order valence-corrected chi connectivity index (χ3v) is 5.53. The van der Waals surface area contributed by atoms with Crippen molar-refractivity contribution in [2.24, 2.45) is 5.92 Å². The van der Waals surface area contributed by atoms with Gasteiger partial charge in [0.15, 0.2) is 9.84 Å². The fraction of sp³-hybridized carbons (Fsp3) is 0.643. The van der Waals surface area contributed by atoms with Gasteiger partial charge in [-0.2, -0.15) is 0 Å². The summed E-state index contributed by atoms with van der Waals surface area (Å²) >= 11 is 0. The van der Waals surface area contributed by atoms with Crippen molar-refractivity contribution in [3.8, 4) is 12.3 Å². The van der Waals surface area contributed by atoms with Crippen molar-refractivity contribution in [1.29, 1.82) is 0 Å². The van der Waals surface area contributed by atoms with Crippen LogP contribution in [0.5, 0.6) is 0 Å². The van der Waals surface area contributed by atoms with Crippen molar-refractivity contribution in [2.45, 2.75) is 31.7 Å². The molecule has 0 radical (unpaired) electrons. The largest absolute Gasteiger partial charge is 0.328 e. The monoisotopic (exact) mass is 281 g/mol. The van der Waals surface area contributed by atoms with Crippen molar-refractivity contribution in [1.82, 2.24) is 4.90 Å². The smallest absolute Gasteiger partial charge is 0.224 e. The molecule has 2 rings (SSSR count). The second-order valence-electron chi connectivity index (χ2n) is 5.25. The summed E-state index contributed by atoms with van der Waals surface area (Å²) in [6, 6.07) is -0.237. The van der Waals surface area contributed by atoms with Gasteiger partial charge in [0.2, 0.25) is 5.91 Å². The highest BCUT2D eigenvalue weighted by molar-refractivity contribution is 7.91. The molecule has 1 aliphatic heterocycles. The second kappa shape index (κ2) is 5.79. The van der Waals surface area contributed by atoms with E-state index in [2.05, 4.69) is 18.1 Å². The van der Waals surface area contributed by atoms with E-state index < -0.39 is 9.84 Å². The maximum Gasteiger partial charge on any atom is 0.224 e. The van der Waals surface area contributed by atoms with Crippen LogP contribution in [0.1, 0.15) is 25.7 Å². The first-order valence-corrected chi connectivity index (χ1v) is 8.44. The highest BCUT2D eigenvalue weighted by atomic mass is 32.2. The van der Waals surface area contributed by atoms with Gasteiger partial charge in [-0.3, -0.25) is 4.79 Å². The predicted molar refractivity (Wildman–Crippen MR) is 74.1 cm³/mol. The molecular formula is C14H19NO3S. The minimum Gasteiger partial charge on any atom is -0.328 e. The van der Waals surface area contributed by atoms with Gasteiger partial charge in [-0.15, -0.1) is 6.42 Å². The number of hydrogen-bond acceptors (Lipinski definition) is 3. The molecule has 19 heavy (non-hydrogen) atoms. The van der Waals surface area contributed by atoms with E-state index >= 15 is 0 Å². The Morgan fingerprint density at radius 1 is 1.42 bits per heavy atom. The van der Waals surface area contributed by atoms with Crippen LogP contribution in [-0.4, -0.2) is 43.3 Å². The lowest BCUT2D eigenvalue weighted by atomic mass is 10.0. The molecule has 104 valence electrons. The Bertz CT molecular complexity index is 515. The Morgan fingerprint density at radius 2 is 2.21 bits per heavy atom. The molecule has 1 amide bonds. The molecule has 1 heterocycles. The van der Waals surface area contributed by atoms with Crippen LogP contribution in [0.15, 0.2) is 12.2 Å². The molecule has 2 atom stereocenters. The second-order valence-corrected chi connectivity index (χ2v) is 7.48. The first kappa shape index (κ1) is 14.1. The highest BCUT2D eigenvalue weighted by Gasteiger charge is 2.34. The molecule has 2 aliphatic rings. The fourth-order valence-electron chi connectivity index (χ4n) is 2.75. The zero-order chi connectivity index (χ0) is 13.9. The number of nitrogens with zero attached hydrogens (tertiary/aromatic N) is 1. The number of carbonyl (C=O) groups is 1. The number of carbonyl (C=O) groups excluding carboxylic acids is 1. The fourth-order valence-corrected chi connectivity index (χ4v) is 4.48. The maximum absolute atomic E-state index is 12.3. The normalized spacial score (nSPS) is 28.2. The molecule has 0 unspecified atom stereocenters. The van der Waals surface area contributed by atoms with Crippen molar-refractivity contribution < 1.29 is 13.2 Å². The van der Waals surface area contributed by atoms with E-state index in [9.17, 15) is 13.2 Å². The lowest BCUT2D eigenvalue weighted by Crippen LogP contribution is -2.41. The van der Waals surface area contributed by atoms with Gasteiger partial charge >= 0.3 is 0 Å². The topological polar surface area (TPSA) is 54.5 Å². The predicted octanol–water partition coefficient (Wildman–Crippen LogP) is 0.992. The first-order chi connectivity index (χ1) is 9.02. The molecule has 0 aromatic carbocycles. The van der Waals surface area contributed by atoms with Crippen LogP contribution in [0.2, 0.25) is 0 Å². The zero-order valence-corrected chi connectivity index (χ0v) is 11.7. The molecule has 0 bridgehead atoms. The number of sulfone groups is 1. The summed E-state index contributed by atoms with van der Waals surface area (Å²) in [5.74, 6) is 2.95. The van der Waals surface area contributed by atoms with Gasteiger partial charge in [-0.25, -0.2) is 8.42 Å². The van der Waals surface area contributed by atoms with Gasteiger partial charge in [-0.1, -0.05) is 18.1 Å². The molecule has 1 aliphatic carbocycles. The van der Waals surface area contributed by atoms with Crippen molar-refractivity contribution in [3.63, 3.8) is 0 Å². The van der Waals surface area contributed by atoms with Gasteiger partial charge in [0, 0.05) is 12.5 Å². The van der Waals surface area contributed by atoms with Crippen LogP contribution in [0, 0.1) is 18.3 Å². The minimum atomic E-state index is -3.00. The van der Waals surface area contributed by atoms with E-state index in [1.807, 2.05) is 0 Å². The van der Waals surface area contributed by atoms with Gasteiger partial charge < -0.3 is 4.90 Å². The van der Waals surface area contributed by atoms with E-state index in [1.54, 1.807) is 4.90 Å². The Kier molecular flexibility index (Phi) is 4.31. The summed E-state index contributed by atoms with van der Waals surface area (Å²) in [5.41, 5.74) is 0. The number of amides is 1. The summed E-state index contributed by atoms with van der Waals surface area (Å²) in [6.07, 6.45) is 12.4. The van der Waals surface area contributed by atoms with Crippen LogP contribution in [0.3, 0.4) is 0 Å². The molecule has 1 fully saturated rings. The average Bonchev–Trinajstić information content (AvgIpc) is 2.95. The summed E-state index contributed by atoms with van der Waals surface area (Å²) in [7, 11) is -3.00. The van der Waals surface area contributed by atoms with Crippen molar-refractivity contribution >= 4 is 15.7 Å². The standard InChI is InChI=1S/C14H19NO3S/c1-2-8-15(13-7-9-19(17,18)11-13)14(16)10-12-5-3-4-6-12/h1,3,5,12-13H,4,6-11H2/t12-,13+/m1/s1. The van der Waals surface area contributed by atoms with Crippen LogP contribution < -0.4 is 0 Å². The first-order valence-electron chi connectivity index (χ1n) is 6.62. The highest BCUT2D eigenvalue weighted by Crippen LogP contribution is 2.24. The number of rotatable bonds is 4. The minimum absolute atomic E-state index is 0.0170. The Labute approximate surface area is 114 Å². The van der Waals surface area contributed by atoms with Crippen molar-refractivity contribution in [3.05, 3.63) is 12.2 Å². The van der Waals surface area contributed by atoms with Crippen LogP contribution >= 0.6 is 0 Å². The Hall–Kier alpha value is -1.28. The SMILES string of the molecule is C#CCN(C(=O)C[C@@H]1C=CCC1)[C@H]1CCS(=O)(=O)C1. The molecule has 0 saturated carbocycles. The molecule has 5 heteroatoms. The quantitative estimate of drug-likeness (QED) is 0.570. The van der Waals surface area contributed by atoms with Crippen LogP contribution in [0.4, 0.5) is 0 Å². The number of hydrogen-bond donors (Lipinski definition) is 0. The molecule has 0 aromatic heterocycles. The number of allylic oxidation sites excluding steroid dienone is 2. The Balaban J connectivity index is 2.01. The molecule has 4 nitrogen and oxygen atoms in total. The van der Waals surface area contributed by atoms with E-state index in [0.717, 1.165) is 12.8 Å². The van der Waals surface area contributed by atoms with E-state index in [1.165, 1.54) is 0 Å². The summed E-state index contributed by atoms with van der Waals surface area (Å²) in [5, 5.41) is 0. The third kappa shape index (κ3) is 3.60. The van der Waals surface area contributed by atoms with E-state index in [0.29, 0.717) is 12.8 Å².